The van der Waals surface area contributed by atoms with Crippen molar-refractivity contribution in [3.8, 4) is 0 Å². The van der Waals surface area contributed by atoms with Gasteiger partial charge in [-0.05, 0) is 243 Å². The van der Waals surface area contributed by atoms with E-state index < -0.39 is 268 Å². The van der Waals surface area contributed by atoms with Crippen molar-refractivity contribution in [1.29, 1.82) is 0 Å². The molecule has 0 aromatic rings. The first-order chi connectivity index (χ1) is 58.7. The van der Waals surface area contributed by atoms with Crippen LogP contribution in [0.25, 0.3) is 0 Å². The van der Waals surface area contributed by atoms with Gasteiger partial charge in [0.25, 0.3) is 0 Å². The van der Waals surface area contributed by atoms with Crippen LogP contribution in [0.1, 0.15) is 243 Å². The fourth-order valence-corrected chi connectivity index (χ4v) is 12.3. The van der Waals surface area contributed by atoms with Gasteiger partial charge < -0.3 is 122 Å². The number of carboxylic acid groups (broad SMARTS) is 4. The lowest BCUT2D eigenvalue weighted by molar-refractivity contribution is -0.148. The van der Waals surface area contributed by atoms with Crippen molar-refractivity contribution >= 4 is 96.3 Å². The Morgan fingerprint density at radius 2 is 0.367 bits per heavy atom. The number of hydrogen-bond donors (Lipinski definition) is 16. The van der Waals surface area contributed by atoms with E-state index in [1.54, 1.807) is 166 Å². The van der Waals surface area contributed by atoms with Crippen LogP contribution in [-0.2, 0) is 76.3 Å². The Morgan fingerprint density at radius 3 is 0.500 bits per heavy atom. The lowest BCUT2D eigenvalue weighted by Crippen LogP contribution is -2.61. The Bertz CT molecular complexity index is 3120. The highest BCUT2D eigenvalue weighted by Crippen LogP contribution is 2.19. The second-order valence-corrected chi connectivity index (χ2v) is 39.0. The van der Waals surface area contributed by atoms with Gasteiger partial charge in [0.2, 0.25) is 23.6 Å². The number of nitrogens with one attached hydrogen (secondary N) is 12. The number of aliphatic carboxylic acids is 4. The van der Waals surface area contributed by atoms with Crippen molar-refractivity contribution in [2.24, 2.45) is 0 Å². The van der Waals surface area contributed by atoms with Crippen LogP contribution in [0.5, 0.6) is 0 Å². The molecule has 736 valence electrons. The van der Waals surface area contributed by atoms with Crippen molar-refractivity contribution in [1.82, 2.24) is 83.4 Å². The van der Waals surface area contributed by atoms with Gasteiger partial charge in [-0.2, -0.15) is 0 Å². The van der Waals surface area contributed by atoms with Gasteiger partial charge >= 0.3 is 72.6 Å². The summed E-state index contributed by atoms with van der Waals surface area (Å²) >= 11 is 0. The second kappa shape index (κ2) is 54.3. The number of carboxylic acids is 4. The Labute approximate surface area is 752 Å². The van der Waals surface area contributed by atoms with Crippen molar-refractivity contribution in [2.75, 3.05) is 105 Å². The van der Waals surface area contributed by atoms with Crippen LogP contribution >= 0.6 is 0 Å². The molecule has 8 unspecified atom stereocenters. The maximum absolute atomic E-state index is 14.6. The van der Waals surface area contributed by atoms with E-state index in [4.69, 9.17) is 37.9 Å². The number of ether oxygens (including phenoxy) is 8. The van der Waals surface area contributed by atoms with E-state index in [2.05, 4.69) is 63.8 Å². The van der Waals surface area contributed by atoms with Gasteiger partial charge in [-0.1, -0.05) is 0 Å². The van der Waals surface area contributed by atoms with Crippen LogP contribution in [0, 0.1) is 0 Å². The molecular weight excluding hydrogens is 1680 g/mol. The SMILES string of the molecule is CC(C)(C)OC(=O)NCCCCC(NC(=O)OC(C)(C)C)C(=O)NCC(C(=O)O)N1CCN(C(CNC(=O)C(CCCCNC(=O)OC(C)(C)C)NC(=O)OC(C)(C)C)C(=O)O)CCN(C(CNC(=O)C(CCCCNC(=O)OC(C)(C)C)NC(=O)OC(C)(C)C)C(=O)O)CCN(C(CNC(=O)C(CCCCNC(=O)OC(C)(C)C)NC(=O)OC(C)(C)C)C(=O)O)CC1. The van der Waals surface area contributed by atoms with Gasteiger partial charge in [0.15, 0.2) is 0 Å². The molecule has 16 N–H and O–H groups in total. The molecule has 0 spiro atoms. The van der Waals surface area contributed by atoms with Crippen LogP contribution in [-0.4, -0.2) is 334 Å². The van der Waals surface area contributed by atoms with Gasteiger partial charge in [-0.25, -0.2) is 38.4 Å². The quantitative estimate of drug-likeness (QED) is 0.0252. The minimum atomic E-state index is -1.83. The zero-order chi connectivity index (χ0) is 98.1. The van der Waals surface area contributed by atoms with Crippen LogP contribution < -0.4 is 63.8 Å². The molecule has 0 radical (unpaired) electrons. The molecule has 1 heterocycles. The number of rotatable bonds is 44. The summed E-state index contributed by atoms with van der Waals surface area (Å²) < 4.78 is 43.3. The number of hydrogen-bond acceptors (Lipinski definition) is 28. The molecule has 8 atom stereocenters. The average Bonchev–Trinajstić information content (AvgIpc) is 0.820. The summed E-state index contributed by atoms with van der Waals surface area (Å²) in [6.45, 7) is 32.2. The van der Waals surface area contributed by atoms with Gasteiger partial charge in [0, 0.05) is 105 Å². The lowest BCUT2D eigenvalue weighted by atomic mass is 10.1. The monoisotopic (exact) mass is 1830 g/mol. The predicted molar refractivity (Wildman–Crippen MR) is 469 cm³/mol. The standard InChI is InChI=1S/C84H152N16O28/c1-77(2,3)121-69(113)85-37-29-25-33-53(93-73(117)125-81(13,14)15)61(101)89-49-57(65(105)106)97-41-43-98(58(66(107)108)50-90-62(102)54(94-74(118)126-82(16,17)18)34-26-30-38-86-70(114)122-78(4,5)6)45-47-100(60(68(111)112)52-92-64(104)56(96-76(120)128-84(22,23)24)36-28-32-40-88-72(116)124-80(10,11)12)48-46-99(44-42-97)59(67(109)110)51-91-63(103)55(95-75(119)127-83(19,20)21)35-27-31-39-87-71(115)123-79(7,8)9/h53-60H,25-52H2,1-24H3,(H,85,113)(H,86,114)(H,87,115)(H,88,116)(H,89,101)(H,90,102)(H,91,103)(H,92,104)(H,93,117)(H,94,118)(H,95,119)(H,96,120)(H,105,106)(H,107,108)(H,109,110)(H,111,112). The third-order valence-electron chi connectivity index (χ3n) is 17.9. The third-order valence-corrected chi connectivity index (χ3v) is 17.9. The molecule has 0 bridgehead atoms. The summed E-state index contributed by atoms with van der Waals surface area (Å²) in [5.41, 5.74) is -7.55. The smallest absolute Gasteiger partial charge is 0.408 e. The number of nitrogens with zero attached hydrogens (tertiary/aromatic N) is 4. The van der Waals surface area contributed by atoms with Crippen LogP contribution in [0.3, 0.4) is 0 Å². The Balaban J connectivity index is 4.56. The van der Waals surface area contributed by atoms with Crippen molar-refractivity contribution in [3.63, 3.8) is 0 Å². The highest BCUT2D eigenvalue weighted by molar-refractivity contribution is 5.89. The van der Waals surface area contributed by atoms with Crippen molar-refractivity contribution in [2.45, 2.75) is 336 Å². The molecule has 128 heavy (non-hydrogen) atoms. The van der Waals surface area contributed by atoms with Crippen LogP contribution in [0.2, 0.25) is 0 Å². The molecule has 1 rings (SSSR count). The Hall–Kier alpha value is -10.2. The minimum absolute atomic E-state index is 0.0757. The normalized spacial score (nSPS) is 15.8. The van der Waals surface area contributed by atoms with Gasteiger partial charge in [0.1, 0.15) is 93.1 Å². The number of unbranched alkanes of at least 4 members (excludes halogenated alkanes) is 4. The topological polar surface area (TPSA) is 585 Å². The maximum atomic E-state index is 14.6. The Morgan fingerprint density at radius 1 is 0.227 bits per heavy atom. The molecule has 1 saturated heterocycles. The molecule has 0 aromatic carbocycles. The van der Waals surface area contributed by atoms with Gasteiger partial charge in [-0.3, -0.25) is 58.0 Å². The predicted octanol–water partition coefficient (Wildman–Crippen LogP) is 5.84. The summed E-state index contributed by atoms with van der Waals surface area (Å²) in [4.78, 5) is 223. The molecule has 1 fully saturated rings. The molecule has 0 aliphatic carbocycles. The third kappa shape index (κ3) is 55.5. The van der Waals surface area contributed by atoms with E-state index in [9.17, 15) is 97.1 Å². The molecule has 44 heteroatoms. The van der Waals surface area contributed by atoms with Crippen molar-refractivity contribution in [3.05, 3.63) is 0 Å². The van der Waals surface area contributed by atoms with Crippen molar-refractivity contribution < 1.29 is 135 Å². The zero-order valence-electron chi connectivity index (χ0n) is 79.8. The molecule has 0 saturated carbocycles. The molecular formula is C84H152N16O28. The van der Waals surface area contributed by atoms with E-state index in [-0.39, 0.29) is 103 Å². The largest absolute Gasteiger partial charge is 0.480 e. The van der Waals surface area contributed by atoms with E-state index in [0.717, 1.165) is 0 Å². The first-order valence-corrected chi connectivity index (χ1v) is 43.5. The molecule has 1 aliphatic heterocycles. The first kappa shape index (κ1) is 116. The summed E-state index contributed by atoms with van der Waals surface area (Å²) in [6, 6.07) is -13.0. The van der Waals surface area contributed by atoms with E-state index in [1.807, 2.05) is 0 Å². The minimum Gasteiger partial charge on any atom is -0.480 e. The molecule has 0 aromatic heterocycles. The second-order valence-electron chi connectivity index (χ2n) is 39.0. The van der Waals surface area contributed by atoms with E-state index in [1.165, 1.54) is 19.6 Å². The summed E-state index contributed by atoms with van der Waals surface area (Å²) in [7, 11) is 0. The number of alkyl carbamates (subject to hydrolysis) is 8. The lowest BCUT2D eigenvalue weighted by Gasteiger charge is -2.40. The summed E-state index contributed by atoms with van der Waals surface area (Å²) in [5, 5.41) is 76.7. The number of amides is 12. The molecule has 1 aliphatic rings. The fourth-order valence-electron chi connectivity index (χ4n) is 12.3. The van der Waals surface area contributed by atoms with Gasteiger partial charge in [-0.15, -0.1) is 0 Å². The first-order valence-electron chi connectivity index (χ1n) is 43.5. The van der Waals surface area contributed by atoms with Crippen LogP contribution in [0.4, 0.5) is 38.4 Å². The fraction of sp³-hybridized carbons (Fsp3) is 0.810. The zero-order valence-corrected chi connectivity index (χ0v) is 79.8. The summed E-state index contributed by atoms with van der Waals surface area (Å²) in [6.07, 6.45) is -5.62. The highest BCUT2D eigenvalue weighted by Gasteiger charge is 2.39. The Kier molecular flexibility index (Phi) is 49.1. The maximum Gasteiger partial charge on any atom is 0.408 e. The van der Waals surface area contributed by atoms with Gasteiger partial charge in [0.05, 0.1) is 0 Å². The average molecular weight is 1830 g/mol. The number of carbonyl (C=O) groups excluding carboxylic acids is 12. The van der Waals surface area contributed by atoms with E-state index >= 15 is 0 Å². The summed E-state index contributed by atoms with van der Waals surface area (Å²) in [5.74, 6) is -10.1. The highest BCUT2D eigenvalue weighted by atomic mass is 16.6. The number of carbonyl (C=O) groups is 16. The van der Waals surface area contributed by atoms with E-state index in [0.29, 0.717) is 0 Å². The molecule has 44 nitrogen and oxygen atoms in total. The molecule has 12 amide bonds. The van der Waals surface area contributed by atoms with Crippen LogP contribution in [0.15, 0.2) is 0 Å².